The van der Waals surface area contributed by atoms with Crippen LogP contribution in [0, 0.1) is 0 Å². The summed E-state index contributed by atoms with van der Waals surface area (Å²) >= 11 is 6.11. The standard InChI is InChI=1S/C19H21ClN4O4S/c20-16-7-6-14(11-17(16)29(27,28)24-9-2-1-3-10-24)19(26)22-13-18(25)23-15-5-4-8-21-12-15/h4-8,11-12H,1-3,9-10,13H2,(H,22,26)(H,23,25). The lowest BCUT2D eigenvalue weighted by atomic mass is 10.2. The Balaban J connectivity index is 1.68. The van der Waals surface area contributed by atoms with Crippen LogP contribution in [-0.2, 0) is 14.8 Å². The Morgan fingerprint density at radius 2 is 1.90 bits per heavy atom. The summed E-state index contributed by atoms with van der Waals surface area (Å²) in [4.78, 5) is 28.2. The molecule has 3 rings (SSSR count). The van der Waals surface area contributed by atoms with E-state index in [-0.39, 0.29) is 22.0 Å². The first-order chi connectivity index (χ1) is 13.9. The van der Waals surface area contributed by atoms with Crippen LogP contribution in [0.3, 0.4) is 0 Å². The van der Waals surface area contributed by atoms with E-state index in [4.69, 9.17) is 11.6 Å². The predicted octanol–water partition coefficient (Wildman–Crippen LogP) is 2.28. The second-order valence-electron chi connectivity index (χ2n) is 6.58. The molecule has 29 heavy (non-hydrogen) atoms. The lowest BCUT2D eigenvalue weighted by Crippen LogP contribution is -2.36. The second-order valence-corrected chi connectivity index (χ2v) is 8.90. The van der Waals surface area contributed by atoms with Gasteiger partial charge in [0.25, 0.3) is 5.91 Å². The van der Waals surface area contributed by atoms with Gasteiger partial charge in [-0.3, -0.25) is 14.6 Å². The fourth-order valence-electron chi connectivity index (χ4n) is 2.99. The maximum absolute atomic E-state index is 12.9. The molecule has 1 aromatic heterocycles. The quantitative estimate of drug-likeness (QED) is 0.722. The number of anilines is 1. The molecule has 0 aliphatic carbocycles. The van der Waals surface area contributed by atoms with E-state index >= 15 is 0 Å². The summed E-state index contributed by atoms with van der Waals surface area (Å²) < 4.78 is 27.2. The van der Waals surface area contributed by atoms with Crippen molar-refractivity contribution >= 4 is 39.1 Å². The first kappa shape index (κ1) is 21.2. The van der Waals surface area contributed by atoms with Gasteiger partial charge in [-0.25, -0.2) is 8.42 Å². The highest BCUT2D eigenvalue weighted by Gasteiger charge is 2.28. The van der Waals surface area contributed by atoms with Gasteiger partial charge in [-0.15, -0.1) is 0 Å². The summed E-state index contributed by atoms with van der Waals surface area (Å²) in [5.41, 5.74) is 0.618. The molecule has 1 fully saturated rings. The molecule has 0 spiro atoms. The first-order valence-electron chi connectivity index (χ1n) is 9.16. The molecule has 2 amide bonds. The molecule has 154 valence electrons. The Morgan fingerprint density at radius 1 is 1.14 bits per heavy atom. The van der Waals surface area contributed by atoms with Crippen LogP contribution < -0.4 is 10.6 Å². The summed E-state index contributed by atoms with van der Waals surface area (Å²) in [6.45, 7) is 0.595. The number of amides is 2. The van der Waals surface area contributed by atoms with Crippen molar-refractivity contribution in [2.45, 2.75) is 24.2 Å². The molecular formula is C19H21ClN4O4S. The number of carbonyl (C=O) groups excluding carboxylic acids is 2. The number of nitrogens with zero attached hydrogens (tertiary/aromatic N) is 2. The number of halogens is 1. The van der Waals surface area contributed by atoms with Gasteiger partial charge >= 0.3 is 0 Å². The van der Waals surface area contributed by atoms with E-state index in [1.54, 1.807) is 18.3 Å². The van der Waals surface area contributed by atoms with Crippen molar-refractivity contribution in [2.24, 2.45) is 0 Å². The van der Waals surface area contributed by atoms with E-state index in [0.29, 0.717) is 18.8 Å². The molecule has 2 aromatic rings. The van der Waals surface area contributed by atoms with Crippen LogP contribution in [0.4, 0.5) is 5.69 Å². The van der Waals surface area contributed by atoms with Crippen molar-refractivity contribution in [3.05, 3.63) is 53.3 Å². The largest absolute Gasteiger partial charge is 0.343 e. The summed E-state index contributed by atoms with van der Waals surface area (Å²) in [6, 6.07) is 7.39. The van der Waals surface area contributed by atoms with E-state index in [2.05, 4.69) is 15.6 Å². The zero-order valence-corrected chi connectivity index (χ0v) is 17.2. The minimum Gasteiger partial charge on any atom is -0.343 e. The minimum absolute atomic E-state index is 0.0569. The number of benzene rings is 1. The lowest BCUT2D eigenvalue weighted by molar-refractivity contribution is -0.115. The number of sulfonamides is 1. The summed E-state index contributed by atoms with van der Waals surface area (Å²) in [5.74, 6) is -1.00. The van der Waals surface area contributed by atoms with Crippen LogP contribution in [0.15, 0.2) is 47.6 Å². The SMILES string of the molecule is O=C(CNC(=O)c1ccc(Cl)c(S(=O)(=O)N2CCCCC2)c1)Nc1cccnc1. The first-order valence-corrected chi connectivity index (χ1v) is 11.0. The zero-order valence-electron chi connectivity index (χ0n) is 15.6. The highest BCUT2D eigenvalue weighted by Crippen LogP contribution is 2.27. The van der Waals surface area contributed by atoms with Gasteiger partial charge in [0.15, 0.2) is 0 Å². The molecule has 8 nitrogen and oxygen atoms in total. The maximum atomic E-state index is 12.9. The molecule has 0 radical (unpaired) electrons. The van der Waals surface area contributed by atoms with Crippen LogP contribution >= 0.6 is 11.6 Å². The molecule has 0 unspecified atom stereocenters. The van der Waals surface area contributed by atoms with Crippen LogP contribution in [0.1, 0.15) is 29.6 Å². The average Bonchev–Trinajstić information content (AvgIpc) is 2.73. The topological polar surface area (TPSA) is 108 Å². The Hall–Kier alpha value is -2.49. The van der Waals surface area contributed by atoms with E-state index in [1.807, 2.05) is 0 Å². The highest BCUT2D eigenvalue weighted by molar-refractivity contribution is 7.89. The van der Waals surface area contributed by atoms with Crippen molar-refractivity contribution in [2.75, 3.05) is 25.0 Å². The maximum Gasteiger partial charge on any atom is 0.251 e. The van der Waals surface area contributed by atoms with Gasteiger partial charge in [0.1, 0.15) is 4.90 Å². The van der Waals surface area contributed by atoms with Crippen molar-refractivity contribution in [3.8, 4) is 0 Å². The molecule has 1 saturated heterocycles. The van der Waals surface area contributed by atoms with Gasteiger partial charge in [-0.2, -0.15) is 4.31 Å². The molecule has 0 bridgehead atoms. The highest BCUT2D eigenvalue weighted by atomic mass is 35.5. The normalized spacial score (nSPS) is 14.9. The second kappa shape index (κ2) is 9.34. The lowest BCUT2D eigenvalue weighted by Gasteiger charge is -2.26. The molecule has 1 aliphatic rings. The number of rotatable bonds is 6. The minimum atomic E-state index is -3.79. The van der Waals surface area contributed by atoms with Crippen molar-refractivity contribution in [3.63, 3.8) is 0 Å². The van der Waals surface area contributed by atoms with E-state index in [1.165, 1.54) is 28.7 Å². The van der Waals surface area contributed by atoms with Crippen LogP contribution in [0.2, 0.25) is 5.02 Å². The molecule has 2 N–H and O–H groups in total. The van der Waals surface area contributed by atoms with Crippen LogP contribution in [-0.4, -0.2) is 49.2 Å². The van der Waals surface area contributed by atoms with Crippen molar-refractivity contribution in [1.29, 1.82) is 0 Å². The summed E-state index contributed by atoms with van der Waals surface area (Å²) in [7, 11) is -3.79. The Kier molecular flexibility index (Phi) is 6.83. The Morgan fingerprint density at radius 3 is 2.59 bits per heavy atom. The Labute approximate surface area is 174 Å². The number of pyridine rings is 1. The van der Waals surface area contributed by atoms with Crippen molar-refractivity contribution in [1.82, 2.24) is 14.6 Å². The smallest absolute Gasteiger partial charge is 0.251 e. The van der Waals surface area contributed by atoms with Gasteiger partial charge in [0, 0.05) is 24.8 Å². The van der Waals surface area contributed by atoms with Gasteiger partial charge in [-0.05, 0) is 43.2 Å². The molecule has 2 heterocycles. The molecule has 0 saturated carbocycles. The third-order valence-electron chi connectivity index (χ3n) is 4.48. The molecule has 1 aromatic carbocycles. The van der Waals surface area contributed by atoms with E-state index < -0.39 is 21.8 Å². The summed E-state index contributed by atoms with van der Waals surface area (Å²) in [6.07, 6.45) is 5.64. The number of piperidine rings is 1. The van der Waals surface area contributed by atoms with Crippen LogP contribution in [0.25, 0.3) is 0 Å². The average molecular weight is 437 g/mol. The van der Waals surface area contributed by atoms with E-state index in [9.17, 15) is 18.0 Å². The zero-order chi connectivity index (χ0) is 20.9. The van der Waals surface area contributed by atoms with Gasteiger partial charge in [0.05, 0.1) is 23.5 Å². The van der Waals surface area contributed by atoms with Gasteiger partial charge < -0.3 is 10.6 Å². The van der Waals surface area contributed by atoms with Crippen molar-refractivity contribution < 1.29 is 18.0 Å². The monoisotopic (exact) mass is 436 g/mol. The third kappa shape index (κ3) is 5.31. The number of carbonyl (C=O) groups is 2. The molecular weight excluding hydrogens is 416 g/mol. The van der Waals surface area contributed by atoms with Gasteiger partial charge in [-0.1, -0.05) is 18.0 Å². The predicted molar refractivity (Wildman–Crippen MR) is 109 cm³/mol. The third-order valence-corrected chi connectivity index (χ3v) is 6.86. The number of hydrogen-bond acceptors (Lipinski definition) is 5. The molecule has 1 aliphatic heterocycles. The van der Waals surface area contributed by atoms with Crippen LogP contribution in [0.5, 0.6) is 0 Å². The van der Waals surface area contributed by atoms with Gasteiger partial charge in [0.2, 0.25) is 15.9 Å². The fraction of sp³-hybridized carbons (Fsp3) is 0.316. The Bertz CT molecular complexity index is 993. The molecule has 0 atom stereocenters. The number of hydrogen-bond donors (Lipinski definition) is 2. The summed E-state index contributed by atoms with van der Waals surface area (Å²) in [5, 5.41) is 5.13. The number of nitrogens with one attached hydrogen (secondary N) is 2. The fourth-order valence-corrected chi connectivity index (χ4v) is 5.01. The van der Waals surface area contributed by atoms with E-state index in [0.717, 1.165) is 19.3 Å². The molecule has 10 heteroatoms. The number of aromatic nitrogens is 1.